The Hall–Kier alpha value is -5.28. The van der Waals surface area contributed by atoms with Crippen molar-refractivity contribution in [2.75, 3.05) is 13.2 Å². The lowest BCUT2D eigenvalue weighted by molar-refractivity contribution is -0.0360. The minimum atomic E-state index is -1.04. The van der Waals surface area contributed by atoms with Crippen molar-refractivity contribution in [3.8, 4) is 0 Å². The fraction of sp³-hybridized carbons (Fsp3) is 0.222. The molecule has 0 unspecified atom stereocenters. The molecule has 0 aliphatic heterocycles. The summed E-state index contributed by atoms with van der Waals surface area (Å²) < 4.78 is 22.8. The zero-order valence-electron chi connectivity index (χ0n) is 24.5. The van der Waals surface area contributed by atoms with Crippen molar-refractivity contribution in [2.24, 2.45) is 0 Å². The van der Waals surface area contributed by atoms with Crippen molar-refractivity contribution < 1.29 is 43.2 Å². The lowest BCUT2D eigenvalue weighted by Gasteiger charge is -2.27. The first-order chi connectivity index (χ1) is 21.9. The topological polar surface area (TPSA) is 125 Å². The second-order valence-electron chi connectivity index (χ2n) is 10.1. The second-order valence-corrected chi connectivity index (χ2v) is 10.1. The molecular formula is C36H34O9. The molecular weight excluding hydrogens is 576 g/mol. The van der Waals surface area contributed by atoms with Gasteiger partial charge in [0, 0.05) is 25.9 Å². The van der Waals surface area contributed by atoms with E-state index in [0.717, 1.165) is 0 Å². The van der Waals surface area contributed by atoms with Gasteiger partial charge in [-0.25, -0.2) is 19.2 Å². The van der Waals surface area contributed by atoms with Crippen molar-refractivity contribution in [1.82, 2.24) is 0 Å². The van der Waals surface area contributed by atoms with Gasteiger partial charge in [0.05, 0.1) is 22.3 Å². The van der Waals surface area contributed by atoms with Crippen LogP contribution in [0, 0.1) is 0 Å². The molecule has 0 spiro atoms. The summed E-state index contributed by atoms with van der Waals surface area (Å²) in [6, 6.07) is 33.3. The Labute approximate surface area is 261 Å². The number of aliphatic hydroxyl groups is 1. The first-order valence-corrected chi connectivity index (χ1v) is 14.5. The number of rotatable bonds is 15. The maximum absolute atomic E-state index is 13.1. The van der Waals surface area contributed by atoms with Crippen LogP contribution in [0.1, 0.15) is 60.7 Å². The highest BCUT2D eigenvalue weighted by Crippen LogP contribution is 2.21. The number of carbonyl (C=O) groups excluding carboxylic acids is 4. The second kappa shape index (κ2) is 17.1. The van der Waals surface area contributed by atoms with Crippen molar-refractivity contribution in [1.29, 1.82) is 0 Å². The molecule has 0 bridgehead atoms. The van der Waals surface area contributed by atoms with E-state index < -0.39 is 42.2 Å². The SMILES string of the molecule is O=C(OC[C@H](C[C@H](C[C@H](CCO)OC(=O)c1ccccc1)OC(=O)c1ccccc1)OC(=O)c1ccccc1)c1ccccc1. The van der Waals surface area contributed by atoms with Crippen molar-refractivity contribution >= 4 is 23.9 Å². The number of aliphatic hydroxyl groups excluding tert-OH is 1. The Morgan fingerprint density at radius 1 is 0.467 bits per heavy atom. The fourth-order valence-corrected chi connectivity index (χ4v) is 4.51. The van der Waals surface area contributed by atoms with E-state index in [9.17, 15) is 24.3 Å². The zero-order chi connectivity index (χ0) is 31.9. The Balaban J connectivity index is 1.56. The highest BCUT2D eigenvalue weighted by Gasteiger charge is 2.29. The van der Waals surface area contributed by atoms with Crippen molar-refractivity contribution in [2.45, 2.75) is 37.6 Å². The molecule has 232 valence electrons. The summed E-state index contributed by atoms with van der Waals surface area (Å²) in [5, 5.41) is 9.75. The minimum Gasteiger partial charge on any atom is -0.459 e. The summed E-state index contributed by atoms with van der Waals surface area (Å²) in [4.78, 5) is 51.8. The minimum absolute atomic E-state index is 0.0241. The van der Waals surface area contributed by atoms with Crippen LogP contribution < -0.4 is 0 Å². The Bertz CT molecular complexity index is 1510. The fourth-order valence-electron chi connectivity index (χ4n) is 4.51. The summed E-state index contributed by atoms with van der Waals surface area (Å²) in [5.74, 6) is -2.53. The maximum atomic E-state index is 13.1. The van der Waals surface area contributed by atoms with E-state index in [4.69, 9.17) is 18.9 Å². The number of hydrogen-bond donors (Lipinski definition) is 1. The van der Waals surface area contributed by atoms with E-state index in [0.29, 0.717) is 11.1 Å². The molecule has 4 rings (SSSR count). The lowest BCUT2D eigenvalue weighted by atomic mass is 10.0. The zero-order valence-corrected chi connectivity index (χ0v) is 24.5. The van der Waals surface area contributed by atoms with E-state index in [1.807, 2.05) is 0 Å². The molecule has 0 aliphatic rings. The normalized spacial score (nSPS) is 12.6. The highest BCUT2D eigenvalue weighted by atomic mass is 16.6. The summed E-state index contributed by atoms with van der Waals surface area (Å²) in [7, 11) is 0. The average Bonchev–Trinajstić information content (AvgIpc) is 3.08. The first kappa shape index (κ1) is 32.6. The molecule has 4 aromatic rings. The maximum Gasteiger partial charge on any atom is 0.338 e. The predicted octanol–water partition coefficient (Wildman–Crippen LogP) is 5.68. The van der Waals surface area contributed by atoms with Crippen LogP contribution in [0.4, 0.5) is 0 Å². The molecule has 0 amide bonds. The third-order valence-electron chi connectivity index (χ3n) is 6.76. The van der Waals surface area contributed by atoms with Gasteiger partial charge >= 0.3 is 23.9 Å². The lowest BCUT2D eigenvalue weighted by Crippen LogP contribution is -2.34. The van der Waals surface area contributed by atoms with Gasteiger partial charge in [0.15, 0.2) is 0 Å². The van der Waals surface area contributed by atoms with Crippen LogP contribution in [0.15, 0.2) is 121 Å². The summed E-state index contributed by atoms with van der Waals surface area (Å²) in [6.45, 7) is -0.632. The van der Waals surface area contributed by atoms with Crippen LogP contribution in [0.5, 0.6) is 0 Å². The molecule has 0 saturated heterocycles. The van der Waals surface area contributed by atoms with Crippen LogP contribution >= 0.6 is 0 Å². The molecule has 9 nitrogen and oxygen atoms in total. The Morgan fingerprint density at radius 3 is 1.20 bits per heavy atom. The summed E-state index contributed by atoms with van der Waals surface area (Å²) >= 11 is 0. The van der Waals surface area contributed by atoms with E-state index in [-0.39, 0.29) is 43.6 Å². The number of benzene rings is 4. The monoisotopic (exact) mass is 610 g/mol. The molecule has 3 atom stereocenters. The number of carbonyl (C=O) groups is 4. The van der Waals surface area contributed by atoms with Crippen LogP contribution in [0.2, 0.25) is 0 Å². The van der Waals surface area contributed by atoms with E-state index in [2.05, 4.69) is 0 Å². The molecule has 0 heterocycles. The van der Waals surface area contributed by atoms with Gasteiger partial charge in [-0.15, -0.1) is 0 Å². The van der Waals surface area contributed by atoms with Crippen molar-refractivity contribution in [3.05, 3.63) is 144 Å². The summed E-state index contributed by atoms with van der Waals surface area (Å²) in [6.07, 6.45) is -2.92. The smallest absolute Gasteiger partial charge is 0.338 e. The van der Waals surface area contributed by atoms with Gasteiger partial charge in [-0.1, -0.05) is 72.8 Å². The largest absolute Gasteiger partial charge is 0.459 e. The molecule has 0 aromatic heterocycles. The van der Waals surface area contributed by atoms with Crippen molar-refractivity contribution in [3.63, 3.8) is 0 Å². The van der Waals surface area contributed by atoms with Gasteiger partial charge in [-0.05, 0) is 48.5 Å². The molecule has 9 heteroatoms. The number of ether oxygens (including phenoxy) is 4. The molecule has 1 N–H and O–H groups in total. The Kier molecular flexibility index (Phi) is 12.4. The van der Waals surface area contributed by atoms with Gasteiger partial charge in [0.25, 0.3) is 0 Å². The number of esters is 4. The van der Waals surface area contributed by atoms with Gasteiger partial charge in [0.1, 0.15) is 24.9 Å². The predicted molar refractivity (Wildman–Crippen MR) is 165 cm³/mol. The third kappa shape index (κ3) is 10.4. The van der Waals surface area contributed by atoms with Crippen LogP contribution in [-0.2, 0) is 18.9 Å². The Morgan fingerprint density at radius 2 is 0.800 bits per heavy atom. The summed E-state index contributed by atoms with van der Waals surface area (Å²) in [5.41, 5.74) is 1.20. The molecule has 0 aliphatic carbocycles. The highest BCUT2D eigenvalue weighted by molar-refractivity contribution is 5.91. The van der Waals surface area contributed by atoms with Gasteiger partial charge in [-0.2, -0.15) is 0 Å². The quantitative estimate of drug-likeness (QED) is 0.134. The molecule has 4 aromatic carbocycles. The average molecular weight is 611 g/mol. The molecule has 0 fully saturated rings. The van der Waals surface area contributed by atoms with Gasteiger partial charge in [0.2, 0.25) is 0 Å². The third-order valence-corrected chi connectivity index (χ3v) is 6.76. The van der Waals surface area contributed by atoms with Crippen LogP contribution in [-0.4, -0.2) is 60.5 Å². The number of hydrogen-bond acceptors (Lipinski definition) is 9. The van der Waals surface area contributed by atoms with E-state index in [1.165, 1.54) is 0 Å². The molecule has 0 saturated carbocycles. The molecule has 45 heavy (non-hydrogen) atoms. The first-order valence-electron chi connectivity index (χ1n) is 14.5. The molecule has 0 radical (unpaired) electrons. The van der Waals surface area contributed by atoms with Gasteiger partial charge in [-0.3, -0.25) is 0 Å². The van der Waals surface area contributed by atoms with E-state index >= 15 is 0 Å². The van der Waals surface area contributed by atoms with Crippen LogP contribution in [0.3, 0.4) is 0 Å². The standard InChI is InChI=1S/C36H34O9/c37-22-21-30(43-34(39)27-15-7-2-8-16-27)23-31(44-35(40)28-17-9-3-10-18-28)24-32(45-36(41)29-19-11-4-12-20-29)25-42-33(38)26-13-5-1-6-14-26/h1-20,30-32,37H,21-25H2/t30-,31-,32-/m0/s1. The van der Waals surface area contributed by atoms with Crippen LogP contribution in [0.25, 0.3) is 0 Å². The van der Waals surface area contributed by atoms with Gasteiger partial charge < -0.3 is 24.1 Å². The van der Waals surface area contributed by atoms with E-state index in [1.54, 1.807) is 121 Å².